The Bertz CT molecular complexity index is 839. The highest BCUT2D eigenvalue weighted by Crippen LogP contribution is 2.28. The molecule has 104 valence electrons. The van der Waals surface area contributed by atoms with Crippen molar-refractivity contribution >= 4 is 32.9 Å². The summed E-state index contributed by atoms with van der Waals surface area (Å²) >= 11 is 3.33. The molecule has 1 N–H and O–H groups in total. The van der Waals surface area contributed by atoms with Crippen LogP contribution in [0.2, 0.25) is 0 Å². The summed E-state index contributed by atoms with van der Waals surface area (Å²) < 4.78 is 6.49. The minimum atomic E-state index is -1.06. The molecule has 3 rings (SSSR count). The first-order valence-electron chi connectivity index (χ1n) is 5.90. The summed E-state index contributed by atoms with van der Waals surface area (Å²) in [5.41, 5.74) is 1.31. The Hall–Kier alpha value is -2.54. The van der Waals surface area contributed by atoms with Crippen molar-refractivity contribution in [2.45, 2.75) is 0 Å². The highest BCUT2D eigenvalue weighted by molar-refractivity contribution is 9.10. The highest BCUT2D eigenvalue weighted by atomic mass is 79.9. The molecule has 3 heterocycles. The van der Waals surface area contributed by atoms with E-state index >= 15 is 0 Å². The first-order chi connectivity index (χ1) is 10.1. The van der Waals surface area contributed by atoms with Gasteiger partial charge in [-0.1, -0.05) is 0 Å². The van der Waals surface area contributed by atoms with Crippen LogP contribution >= 0.6 is 15.9 Å². The van der Waals surface area contributed by atoms with Gasteiger partial charge in [-0.2, -0.15) is 0 Å². The summed E-state index contributed by atoms with van der Waals surface area (Å²) in [7, 11) is 0. The molecular weight excluding hydrogens is 338 g/mol. The summed E-state index contributed by atoms with van der Waals surface area (Å²) in [6, 6.07) is 4.89. The van der Waals surface area contributed by atoms with E-state index < -0.39 is 5.97 Å². The molecule has 0 saturated carbocycles. The van der Waals surface area contributed by atoms with Crippen LogP contribution in [0, 0.1) is 0 Å². The minimum Gasteiger partial charge on any atom is -0.478 e. The zero-order valence-electron chi connectivity index (χ0n) is 10.5. The molecule has 0 amide bonds. The fourth-order valence-corrected chi connectivity index (χ4v) is 2.10. The van der Waals surface area contributed by atoms with Crippen LogP contribution in [0.25, 0.3) is 11.0 Å². The second kappa shape index (κ2) is 5.45. The third kappa shape index (κ3) is 2.82. The van der Waals surface area contributed by atoms with E-state index in [2.05, 4.69) is 30.9 Å². The molecule has 6 nitrogen and oxygen atoms in total. The summed E-state index contributed by atoms with van der Waals surface area (Å²) in [5.74, 6) is -0.251. The zero-order valence-corrected chi connectivity index (χ0v) is 12.1. The third-order valence-electron chi connectivity index (χ3n) is 2.70. The lowest BCUT2D eigenvalue weighted by atomic mass is 10.3. The van der Waals surface area contributed by atoms with E-state index in [0.29, 0.717) is 22.5 Å². The third-order valence-corrected chi connectivity index (χ3v) is 3.13. The van der Waals surface area contributed by atoms with Gasteiger partial charge in [0.15, 0.2) is 5.75 Å². The maximum absolute atomic E-state index is 10.9. The maximum atomic E-state index is 10.9. The van der Waals surface area contributed by atoms with Crippen LogP contribution in [0.4, 0.5) is 0 Å². The largest absolute Gasteiger partial charge is 0.478 e. The van der Waals surface area contributed by atoms with E-state index in [1.54, 1.807) is 18.5 Å². The Morgan fingerprint density at radius 3 is 2.86 bits per heavy atom. The van der Waals surface area contributed by atoms with Gasteiger partial charge in [0, 0.05) is 29.1 Å². The molecule has 0 radical (unpaired) electrons. The molecule has 0 aliphatic rings. The van der Waals surface area contributed by atoms with Crippen molar-refractivity contribution in [2.75, 3.05) is 0 Å². The number of fused-ring (bicyclic) bond motifs is 1. The lowest BCUT2D eigenvalue weighted by Crippen LogP contribution is -1.98. The van der Waals surface area contributed by atoms with Gasteiger partial charge in [0.1, 0.15) is 11.3 Å². The van der Waals surface area contributed by atoms with Crippen molar-refractivity contribution in [3.63, 3.8) is 0 Å². The number of carboxylic acids is 1. The van der Waals surface area contributed by atoms with Gasteiger partial charge in [-0.3, -0.25) is 9.97 Å². The second-order valence-electron chi connectivity index (χ2n) is 4.15. The van der Waals surface area contributed by atoms with Gasteiger partial charge in [-0.25, -0.2) is 9.78 Å². The van der Waals surface area contributed by atoms with E-state index in [-0.39, 0.29) is 5.56 Å². The number of aromatic carboxylic acids is 1. The second-order valence-corrected chi connectivity index (χ2v) is 5.06. The minimum absolute atomic E-state index is 0.0570. The molecule has 0 bridgehead atoms. The Morgan fingerprint density at radius 1 is 1.19 bits per heavy atom. The van der Waals surface area contributed by atoms with Crippen LogP contribution in [-0.4, -0.2) is 26.0 Å². The standard InChI is InChI=1S/C14H8BrN3O3/c15-9-4-11-13(18-6-9)12(1-2-17-11)21-10-3-8(14(19)20)5-16-7-10/h1-7H,(H,19,20). The van der Waals surface area contributed by atoms with Gasteiger partial charge in [0.25, 0.3) is 0 Å². The van der Waals surface area contributed by atoms with Crippen molar-refractivity contribution in [2.24, 2.45) is 0 Å². The van der Waals surface area contributed by atoms with E-state index in [9.17, 15) is 4.79 Å². The van der Waals surface area contributed by atoms with Gasteiger partial charge in [0.2, 0.25) is 0 Å². The smallest absolute Gasteiger partial charge is 0.337 e. The van der Waals surface area contributed by atoms with Crippen LogP contribution in [0.3, 0.4) is 0 Å². The first-order valence-corrected chi connectivity index (χ1v) is 6.69. The van der Waals surface area contributed by atoms with Crippen molar-refractivity contribution < 1.29 is 14.6 Å². The monoisotopic (exact) mass is 345 g/mol. The Kier molecular flexibility index (Phi) is 3.49. The number of pyridine rings is 3. The molecular formula is C14H8BrN3O3. The molecule has 0 spiro atoms. The number of carbonyl (C=O) groups is 1. The first kappa shape index (κ1) is 13.4. The number of hydrogen-bond acceptors (Lipinski definition) is 5. The summed E-state index contributed by atoms with van der Waals surface area (Å²) in [6.07, 6.45) is 5.94. The lowest BCUT2D eigenvalue weighted by Gasteiger charge is -2.08. The van der Waals surface area contributed by atoms with Crippen molar-refractivity contribution in [1.82, 2.24) is 15.0 Å². The van der Waals surface area contributed by atoms with Gasteiger partial charge < -0.3 is 9.84 Å². The lowest BCUT2D eigenvalue weighted by molar-refractivity contribution is 0.0696. The van der Waals surface area contributed by atoms with Gasteiger partial charge in [-0.05, 0) is 28.1 Å². The molecule has 3 aromatic heterocycles. The van der Waals surface area contributed by atoms with Crippen molar-refractivity contribution in [1.29, 1.82) is 0 Å². The number of nitrogens with zero attached hydrogens (tertiary/aromatic N) is 3. The predicted molar refractivity (Wildman–Crippen MR) is 78.5 cm³/mol. The van der Waals surface area contributed by atoms with E-state index in [4.69, 9.17) is 9.84 Å². The Labute approximate surface area is 127 Å². The summed E-state index contributed by atoms with van der Waals surface area (Å²) in [4.78, 5) is 23.3. The fourth-order valence-electron chi connectivity index (χ4n) is 1.78. The van der Waals surface area contributed by atoms with Crippen LogP contribution < -0.4 is 4.74 Å². The molecule has 0 aliphatic carbocycles. The number of carboxylic acid groups (broad SMARTS) is 1. The van der Waals surface area contributed by atoms with Crippen LogP contribution in [0.5, 0.6) is 11.5 Å². The number of rotatable bonds is 3. The van der Waals surface area contributed by atoms with E-state index in [0.717, 1.165) is 4.47 Å². The molecule has 3 aromatic rings. The van der Waals surface area contributed by atoms with Crippen LogP contribution in [0.1, 0.15) is 10.4 Å². The van der Waals surface area contributed by atoms with Crippen LogP contribution in [0.15, 0.2) is 47.5 Å². The molecule has 0 unspecified atom stereocenters. The molecule has 21 heavy (non-hydrogen) atoms. The maximum Gasteiger partial charge on any atom is 0.337 e. The van der Waals surface area contributed by atoms with Crippen molar-refractivity contribution in [3.8, 4) is 11.5 Å². The average molecular weight is 346 g/mol. The summed E-state index contributed by atoms with van der Waals surface area (Å²) in [6.45, 7) is 0. The summed E-state index contributed by atoms with van der Waals surface area (Å²) in [5, 5.41) is 8.95. The highest BCUT2D eigenvalue weighted by Gasteiger charge is 2.09. The number of aromatic nitrogens is 3. The quantitative estimate of drug-likeness (QED) is 0.783. The number of ether oxygens (including phenoxy) is 1. The van der Waals surface area contributed by atoms with E-state index in [1.165, 1.54) is 18.5 Å². The molecule has 7 heteroatoms. The normalized spacial score (nSPS) is 10.5. The molecule has 0 fully saturated rings. The molecule has 0 atom stereocenters. The van der Waals surface area contributed by atoms with Gasteiger partial charge in [-0.15, -0.1) is 0 Å². The topological polar surface area (TPSA) is 85.2 Å². The van der Waals surface area contributed by atoms with Gasteiger partial charge >= 0.3 is 5.97 Å². The van der Waals surface area contributed by atoms with Crippen molar-refractivity contribution in [3.05, 3.63) is 53.0 Å². The number of hydrogen-bond donors (Lipinski definition) is 1. The SMILES string of the molecule is O=C(O)c1cncc(Oc2ccnc3cc(Br)cnc23)c1. The predicted octanol–water partition coefficient (Wildman–Crippen LogP) is 3.28. The Balaban J connectivity index is 2.02. The van der Waals surface area contributed by atoms with E-state index in [1.807, 2.05) is 6.07 Å². The molecule has 0 aromatic carbocycles. The molecule has 0 aliphatic heterocycles. The Morgan fingerprint density at radius 2 is 2.05 bits per heavy atom. The molecule has 0 saturated heterocycles. The fraction of sp³-hybridized carbons (Fsp3) is 0. The van der Waals surface area contributed by atoms with Crippen LogP contribution in [-0.2, 0) is 0 Å². The average Bonchev–Trinajstić information content (AvgIpc) is 2.47. The zero-order chi connectivity index (χ0) is 14.8. The number of halogens is 1. The van der Waals surface area contributed by atoms with Gasteiger partial charge in [0.05, 0.1) is 17.3 Å².